The summed E-state index contributed by atoms with van der Waals surface area (Å²) in [6, 6.07) is 10.8. The Morgan fingerprint density at radius 1 is 1.17 bits per heavy atom. The average Bonchev–Trinajstić information content (AvgIpc) is 2.34. The molecule has 0 aliphatic heterocycles. The van der Waals surface area contributed by atoms with E-state index in [1.807, 2.05) is 13.0 Å². The van der Waals surface area contributed by atoms with Gasteiger partial charge in [-0.25, -0.2) is 9.18 Å². The first-order valence-electron chi connectivity index (χ1n) is 5.43. The first kappa shape index (κ1) is 12.1. The van der Waals surface area contributed by atoms with Crippen LogP contribution >= 0.6 is 0 Å². The molecule has 2 aromatic carbocycles. The third-order valence-corrected chi connectivity index (χ3v) is 2.62. The van der Waals surface area contributed by atoms with Gasteiger partial charge in [0.15, 0.2) is 0 Å². The number of halogens is 1. The lowest BCUT2D eigenvalue weighted by Crippen LogP contribution is -2.04. The topological polar surface area (TPSA) is 49.3 Å². The van der Waals surface area contributed by atoms with E-state index in [-0.39, 0.29) is 11.4 Å². The van der Waals surface area contributed by atoms with Gasteiger partial charge in [-0.1, -0.05) is 12.1 Å². The molecule has 0 spiro atoms. The van der Waals surface area contributed by atoms with Gasteiger partial charge in [0.2, 0.25) is 0 Å². The molecular weight excluding hydrogens is 233 g/mol. The third-order valence-electron chi connectivity index (χ3n) is 2.62. The zero-order valence-corrected chi connectivity index (χ0v) is 9.77. The molecule has 0 unspecified atom stereocenters. The number of rotatable bonds is 3. The molecule has 18 heavy (non-hydrogen) atoms. The second kappa shape index (κ2) is 4.87. The maximum absolute atomic E-state index is 12.8. The Morgan fingerprint density at radius 2 is 1.83 bits per heavy atom. The van der Waals surface area contributed by atoms with Gasteiger partial charge >= 0.3 is 5.97 Å². The minimum atomic E-state index is -0.997. The van der Waals surface area contributed by atoms with E-state index in [1.54, 1.807) is 18.2 Å². The number of carbonyl (C=O) groups is 1. The summed E-state index contributed by atoms with van der Waals surface area (Å²) in [7, 11) is 0. The van der Waals surface area contributed by atoms with E-state index in [1.165, 1.54) is 18.2 Å². The molecule has 2 rings (SSSR count). The van der Waals surface area contributed by atoms with Crippen LogP contribution in [0.15, 0.2) is 42.5 Å². The number of anilines is 2. The van der Waals surface area contributed by atoms with Gasteiger partial charge in [-0.3, -0.25) is 0 Å². The van der Waals surface area contributed by atoms with Crippen molar-refractivity contribution < 1.29 is 14.3 Å². The van der Waals surface area contributed by atoms with Crippen molar-refractivity contribution in [1.29, 1.82) is 0 Å². The van der Waals surface area contributed by atoms with E-state index in [4.69, 9.17) is 5.11 Å². The summed E-state index contributed by atoms with van der Waals surface area (Å²) in [5, 5.41) is 12.1. The van der Waals surface area contributed by atoms with Gasteiger partial charge in [0.25, 0.3) is 0 Å². The molecule has 4 heteroatoms. The summed E-state index contributed by atoms with van der Waals surface area (Å²) in [6.45, 7) is 1.82. The van der Waals surface area contributed by atoms with Crippen molar-refractivity contribution in [3.05, 3.63) is 59.4 Å². The number of para-hydroxylation sites is 1. The molecule has 0 atom stereocenters. The van der Waals surface area contributed by atoms with Gasteiger partial charge in [-0.15, -0.1) is 0 Å². The van der Waals surface area contributed by atoms with Crippen LogP contribution in [0.3, 0.4) is 0 Å². The molecule has 0 bridgehead atoms. The van der Waals surface area contributed by atoms with Crippen LogP contribution in [0.25, 0.3) is 0 Å². The molecule has 0 heterocycles. The molecule has 0 saturated carbocycles. The molecule has 0 saturated heterocycles. The van der Waals surface area contributed by atoms with Crippen molar-refractivity contribution in [2.45, 2.75) is 6.92 Å². The van der Waals surface area contributed by atoms with Crippen molar-refractivity contribution >= 4 is 17.3 Å². The second-order valence-corrected chi connectivity index (χ2v) is 3.93. The first-order valence-corrected chi connectivity index (χ1v) is 5.43. The lowest BCUT2D eigenvalue weighted by Gasteiger charge is -2.12. The first-order chi connectivity index (χ1) is 8.58. The highest BCUT2D eigenvalue weighted by Gasteiger charge is 2.11. The zero-order valence-electron chi connectivity index (χ0n) is 9.77. The number of aromatic carboxylic acids is 1. The standard InChI is InChI=1S/C14H12FNO2/c1-9-3-2-4-12(14(17)18)13(9)16-11-7-5-10(15)6-8-11/h2-8,16H,1H3,(H,17,18). The molecule has 0 aromatic heterocycles. The fourth-order valence-electron chi connectivity index (χ4n) is 1.69. The van der Waals surface area contributed by atoms with Crippen molar-refractivity contribution in [2.24, 2.45) is 0 Å². The van der Waals surface area contributed by atoms with E-state index in [9.17, 15) is 9.18 Å². The fourth-order valence-corrected chi connectivity index (χ4v) is 1.69. The predicted octanol–water partition coefficient (Wildman–Crippen LogP) is 3.58. The maximum Gasteiger partial charge on any atom is 0.337 e. The van der Waals surface area contributed by atoms with Gasteiger partial charge < -0.3 is 10.4 Å². The second-order valence-electron chi connectivity index (χ2n) is 3.93. The van der Waals surface area contributed by atoms with Crippen LogP contribution in [-0.2, 0) is 0 Å². The molecular formula is C14H12FNO2. The van der Waals surface area contributed by atoms with Gasteiger partial charge in [0.1, 0.15) is 5.82 Å². The van der Waals surface area contributed by atoms with Crippen molar-refractivity contribution in [3.8, 4) is 0 Å². The lowest BCUT2D eigenvalue weighted by atomic mass is 10.1. The van der Waals surface area contributed by atoms with Crippen molar-refractivity contribution in [1.82, 2.24) is 0 Å². The number of aryl methyl sites for hydroxylation is 1. The molecule has 0 radical (unpaired) electrons. The average molecular weight is 245 g/mol. The fraction of sp³-hybridized carbons (Fsp3) is 0.0714. The van der Waals surface area contributed by atoms with E-state index in [0.29, 0.717) is 11.4 Å². The summed E-state index contributed by atoms with van der Waals surface area (Å²) in [4.78, 5) is 11.1. The van der Waals surface area contributed by atoms with Crippen LogP contribution in [0.1, 0.15) is 15.9 Å². The van der Waals surface area contributed by atoms with E-state index in [0.717, 1.165) is 5.56 Å². The lowest BCUT2D eigenvalue weighted by molar-refractivity contribution is 0.0698. The van der Waals surface area contributed by atoms with Gasteiger partial charge in [-0.05, 0) is 42.8 Å². The normalized spacial score (nSPS) is 10.1. The van der Waals surface area contributed by atoms with E-state index >= 15 is 0 Å². The van der Waals surface area contributed by atoms with Crippen molar-refractivity contribution in [3.63, 3.8) is 0 Å². The highest BCUT2D eigenvalue weighted by atomic mass is 19.1. The van der Waals surface area contributed by atoms with Crippen LogP contribution in [0.4, 0.5) is 15.8 Å². The Balaban J connectivity index is 2.39. The van der Waals surface area contributed by atoms with Crippen LogP contribution in [0.2, 0.25) is 0 Å². The number of hydrogen-bond acceptors (Lipinski definition) is 2. The van der Waals surface area contributed by atoms with Crippen molar-refractivity contribution in [2.75, 3.05) is 5.32 Å². The van der Waals surface area contributed by atoms with Crippen LogP contribution in [0, 0.1) is 12.7 Å². The zero-order chi connectivity index (χ0) is 13.1. The molecule has 0 amide bonds. The van der Waals surface area contributed by atoms with Crippen LogP contribution < -0.4 is 5.32 Å². The Labute approximate surface area is 104 Å². The summed E-state index contributed by atoms with van der Waals surface area (Å²) >= 11 is 0. The predicted molar refractivity (Wildman–Crippen MR) is 67.8 cm³/mol. The monoisotopic (exact) mass is 245 g/mol. The van der Waals surface area contributed by atoms with Gasteiger partial charge in [0.05, 0.1) is 11.3 Å². The summed E-state index contributed by atoms with van der Waals surface area (Å²) in [6.07, 6.45) is 0. The smallest absolute Gasteiger partial charge is 0.337 e. The molecule has 2 aromatic rings. The van der Waals surface area contributed by atoms with Crippen LogP contribution in [-0.4, -0.2) is 11.1 Å². The number of hydrogen-bond donors (Lipinski definition) is 2. The highest BCUT2D eigenvalue weighted by Crippen LogP contribution is 2.25. The SMILES string of the molecule is Cc1cccc(C(=O)O)c1Nc1ccc(F)cc1. The highest BCUT2D eigenvalue weighted by molar-refractivity contribution is 5.96. The third kappa shape index (κ3) is 2.48. The minimum absolute atomic E-state index is 0.194. The quantitative estimate of drug-likeness (QED) is 0.869. The Kier molecular flexibility index (Phi) is 3.28. The summed E-state index contributed by atoms with van der Waals surface area (Å²) in [5.41, 5.74) is 2.18. The van der Waals surface area contributed by atoms with E-state index in [2.05, 4.69) is 5.32 Å². The largest absolute Gasteiger partial charge is 0.478 e. The number of benzene rings is 2. The Morgan fingerprint density at radius 3 is 2.44 bits per heavy atom. The number of carboxylic acid groups (broad SMARTS) is 1. The Bertz CT molecular complexity index is 579. The molecule has 92 valence electrons. The number of nitrogens with one attached hydrogen (secondary N) is 1. The molecule has 2 N–H and O–H groups in total. The summed E-state index contributed by atoms with van der Waals surface area (Å²) < 4.78 is 12.8. The Hall–Kier alpha value is -2.36. The van der Waals surface area contributed by atoms with E-state index < -0.39 is 5.97 Å². The summed E-state index contributed by atoms with van der Waals surface area (Å²) in [5.74, 6) is -1.33. The van der Waals surface area contributed by atoms with Gasteiger partial charge in [0, 0.05) is 5.69 Å². The molecule has 0 aliphatic carbocycles. The van der Waals surface area contributed by atoms with Crippen LogP contribution in [0.5, 0.6) is 0 Å². The molecule has 0 aliphatic rings. The molecule has 3 nitrogen and oxygen atoms in total. The minimum Gasteiger partial charge on any atom is -0.478 e. The maximum atomic E-state index is 12.8. The molecule has 0 fully saturated rings. The van der Waals surface area contributed by atoms with Gasteiger partial charge in [-0.2, -0.15) is 0 Å². The number of carboxylic acids is 1.